The molecule has 0 atom stereocenters. The highest BCUT2D eigenvalue weighted by atomic mass is 16.2. The Bertz CT molecular complexity index is 516. The van der Waals surface area contributed by atoms with Gasteiger partial charge in [-0.05, 0) is 12.1 Å². The molecule has 1 aromatic rings. The van der Waals surface area contributed by atoms with Gasteiger partial charge in [0.2, 0.25) is 5.91 Å². The Morgan fingerprint density at radius 2 is 1.63 bits per heavy atom. The van der Waals surface area contributed by atoms with Gasteiger partial charge in [0.25, 0.3) is 11.8 Å². The summed E-state index contributed by atoms with van der Waals surface area (Å²) in [4.78, 5) is 38.5. The topological polar surface area (TPSA) is 57.7 Å². The summed E-state index contributed by atoms with van der Waals surface area (Å²) in [5, 5.41) is 0. The number of amides is 3. The second kappa shape index (κ2) is 4.84. The average Bonchev–Trinajstić information content (AvgIpc) is 2.63. The predicted molar refractivity (Wildman–Crippen MR) is 69.4 cm³/mol. The maximum absolute atomic E-state index is 12.1. The van der Waals surface area contributed by atoms with E-state index in [9.17, 15) is 14.4 Å². The number of carbonyl (C=O) groups excluding carboxylic acids is 3. The second-order valence-electron chi connectivity index (χ2n) is 4.92. The van der Waals surface area contributed by atoms with Crippen LogP contribution in [0.3, 0.4) is 0 Å². The fraction of sp³-hybridized carbons (Fsp3) is 0.357. The minimum atomic E-state index is -0.344. The van der Waals surface area contributed by atoms with E-state index >= 15 is 0 Å². The van der Waals surface area contributed by atoms with E-state index in [1.54, 1.807) is 45.2 Å². The fourth-order valence-electron chi connectivity index (χ4n) is 2.09. The van der Waals surface area contributed by atoms with E-state index in [2.05, 4.69) is 0 Å². The number of hydrogen-bond acceptors (Lipinski definition) is 3. The monoisotopic (exact) mass is 260 g/mol. The van der Waals surface area contributed by atoms with Gasteiger partial charge in [-0.2, -0.15) is 0 Å². The average molecular weight is 260 g/mol. The Morgan fingerprint density at radius 3 is 2.05 bits per heavy atom. The molecule has 0 bridgehead atoms. The lowest BCUT2D eigenvalue weighted by atomic mass is 10.1. The van der Waals surface area contributed by atoms with Crippen molar-refractivity contribution in [2.45, 2.75) is 13.8 Å². The van der Waals surface area contributed by atoms with Crippen LogP contribution in [0.1, 0.15) is 34.6 Å². The van der Waals surface area contributed by atoms with E-state index in [0.717, 1.165) is 4.90 Å². The molecule has 0 fully saturated rings. The van der Waals surface area contributed by atoms with Crippen molar-refractivity contribution in [1.29, 1.82) is 0 Å². The van der Waals surface area contributed by atoms with E-state index in [4.69, 9.17) is 0 Å². The van der Waals surface area contributed by atoms with Crippen LogP contribution in [0.5, 0.6) is 0 Å². The largest absolute Gasteiger partial charge is 0.327 e. The van der Waals surface area contributed by atoms with Gasteiger partial charge in [-0.1, -0.05) is 26.0 Å². The molecule has 1 aromatic carbocycles. The fourth-order valence-corrected chi connectivity index (χ4v) is 2.09. The van der Waals surface area contributed by atoms with Crippen LogP contribution in [0.4, 0.5) is 0 Å². The minimum Gasteiger partial charge on any atom is -0.327 e. The molecule has 5 nitrogen and oxygen atoms in total. The molecule has 1 aliphatic heterocycles. The lowest BCUT2D eigenvalue weighted by Crippen LogP contribution is -2.43. The molecular weight excluding hydrogens is 244 g/mol. The quantitative estimate of drug-likeness (QED) is 0.771. The van der Waals surface area contributed by atoms with Gasteiger partial charge >= 0.3 is 0 Å². The third-order valence-electron chi connectivity index (χ3n) is 3.10. The van der Waals surface area contributed by atoms with Crippen LogP contribution in [-0.4, -0.2) is 41.2 Å². The van der Waals surface area contributed by atoms with Crippen molar-refractivity contribution < 1.29 is 14.4 Å². The molecule has 5 heteroatoms. The van der Waals surface area contributed by atoms with Crippen molar-refractivity contribution >= 4 is 17.7 Å². The molecule has 0 spiro atoms. The van der Waals surface area contributed by atoms with Gasteiger partial charge in [0, 0.05) is 13.0 Å². The maximum Gasteiger partial charge on any atom is 0.263 e. The second-order valence-corrected chi connectivity index (χ2v) is 4.92. The first-order valence-corrected chi connectivity index (χ1v) is 6.13. The Balaban J connectivity index is 2.19. The van der Waals surface area contributed by atoms with Gasteiger partial charge in [0.05, 0.1) is 11.1 Å². The van der Waals surface area contributed by atoms with Gasteiger partial charge < -0.3 is 4.90 Å². The molecule has 0 N–H and O–H groups in total. The normalized spacial score (nSPS) is 14.0. The first kappa shape index (κ1) is 13.3. The molecule has 100 valence electrons. The molecular formula is C14H16N2O3. The zero-order valence-electron chi connectivity index (χ0n) is 11.2. The molecule has 2 rings (SSSR count). The Labute approximate surface area is 111 Å². The zero-order valence-corrected chi connectivity index (χ0v) is 11.2. The molecule has 1 aliphatic rings. The summed E-state index contributed by atoms with van der Waals surface area (Å²) in [5.41, 5.74) is 0.802. The van der Waals surface area contributed by atoms with Crippen molar-refractivity contribution in [2.75, 3.05) is 13.7 Å². The number of nitrogens with zero attached hydrogens (tertiary/aromatic N) is 2. The van der Waals surface area contributed by atoms with Crippen LogP contribution in [0, 0.1) is 5.92 Å². The van der Waals surface area contributed by atoms with Gasteiger partial charge in [-0.3, -0.25) is 19.3 Å². The molecule has 0 saturated heterocycles. The lowest BCUT2D eigenvalue weighted by molar-refractivity contribution is -0.134. The van der Waals surface area contributed by atoms with E-state index in [0.29, 0.717) is 11.1 Å². The molecule has 0 radical (unpaired) electrons. The number of imide groups is 1. The molecule has 1 heterocycles. The highest BCUT2D eigenvalue weighted by Crippen LogP contribution is 2.22. The lowest BCUT2D eigenvalue weighted by Gasteiger charge is -2.24. The summed E-state index contributed by atoms with van der Waals surface area (Å²) >= 11 is 0. The standard InChI is InChI=1S/C14H16N2O3/c1-9(2)12(17)15(3)8-16-13(18)10-6-4-5-7-11(10)14(16)19/h4-7,9H,8H2,1-3H3. The molecule has 0 saturated carbocycles. The molecule has 3 amide bonds. The van der Waals surface area contributed by atoms with E-state index in [1.165, 1.54) is 4.90 Å². The first-order valence-electron chi connectivity index (χ1n) is 6.13. The van der Waals surface area contributed by atoms with Gasteiger partial charge in [-0.25, -0.2) is 0 Å². The molecule has 0 unspecified atom stereocenters. The van der Waals surface area contributed by atoms with Crippen LogP contribution < -0.4 is 0 Å². The number of hydrogen-bond donors (Lipinski definition) is 0. The predicted octanol–water partition coefficient (Wildman–Crippen LogP) is 1.35. The van der Waals surface area contributed by atoms with Gasteiger partial charge in [0.1, 0.15) is 6.67 Å². The summed E-state index contributed by atoms with van der Waals surface area (Å²) < 4.78 is 0. The van der Waals surface area contributed by atoms with Crippen molar-refractivity contribution in [3.8, 4) is 0 Å². The van der Waals surface area contributed by atoms with E-state index in [1.807, 2.05) is 0 Å². The third kappa shape index (κ3) is 2.23. The van der Waals surface area contributed by atoms with Gasteiger partial charge in [0.15, 0.2) is 0 Å². The molecule has 0 aromatic heterocycles. The third-order valence-corrected chi connectivity index (χ3v) is 3.10. The molecule has 0 aliphatic carbocycles. The van der Waals surface area contributed by atoms with Crippen LogP contribution in [0.15, 0.2) is 24.3 Å². The highest BCUT2D eigenvalue weighted by Gasteiger charge is 2.36. The Morgan fingerprint density at radius 1 is 1.16 bits per heavy atom. The van der Waals surface area contributed by atoms with Crippen LogP contribution in [0.2, 0.25) is 0 Å². The number of benzene rings is 1. The zero-order chi connectivity index (χ0) is 14.2. The maximum atomic E-state index is 12.1. The summed E-state index contributed by atoms with van der Waals surface area (Å²) in [6, 6.07) is 6.69. The minimum absolute atomic E-state index is 0.0106. The summed E-state index contributed by atoms with van der Waals surface area (Å²) in [6.45, 7) is 3.55. The number of fused-ring (bicyclic) bond motifs is 1. The number of carbonyl (C=O) groups is 3. The summed E-state index contributed by atoms with van der Waals surface area (Å²) in [6.07, 6.45) is 0. The summed E-state index contributed by atoms with van der Waals surface area (Å²) in [7, 11) is 1.59. The first-order chi connectivity index (χ1) is 8.93. The van der Waals surface area contributed by atoms with E-state index < -0.39 is 0 Å². The van der Waals surface area contributed by atoms with Gasteiger partial charge in [-0.15, -0.1) is 0 Å². The smallest absolute Gasteiger partial charge is 0.263 e. The SMILES string of the molecule is CC(C)C(=O)N(C)CN1C(=O)c2ccccc2C1=O. The molecule has 19 heavy (non-hydrogen) atoms. The Kier molecular flexibility index (Phi) is 3.38. The van der Waals surface area contributed by atoms with Crippen LogP contribution >= 0.6 is 0 Å². The van der Waals surface area contributed by atoms with E-state index in [-0.39, 0.29) is 30.3 Å². The van der Waals surface area contributed by atoms with Crippen LogP contribution in [-0.2, 0) is 4.79 Å². The van der Waals surface area contributed by atoms with Crippen molar-refractivity contribution in [1.82, 2.24) is 9.80 Å². The van der Waals surface area contributed by atoms with Crippen molar-refractivity contribution in [3.05, 3.63) is 35.4 Å². The van der Waals surface area contributed by atoms with Crippen LogP contribution in [0.25, 0.3) is 0 Å². The number of rotatable bonds is 3. The summed E-state index contributed by atoms with van der Waals surface area (Å²) in [5.74, 6) is -0.954. The van der Waals surface area contributed by atoms with Crippen molar-refractivity contribution in [3.63, 3.8) is 0 Å². The highest BCUT2D eigenvalue weighted by molar-refractivity contribution is 6.21. The van der Waals surface area contributed by atoms with Crippen molar-refractivity contribution in [2.24, 2.45) is 5.92 Å². The Hall–Kier alpha value is -2.17.